The fraction of sp³-hybridized carbons (Fsp3) is 0.349. The van der Waals surface area contributed by atoms with Crippen LogP contribution >= 0.6 is 0 Å². The van der Waals surface area contributed by atoms with Gasteiger partial charge in [0.05, 0.1) is 0 Å². The summed E-state index contributed by atoms with van der Waals surface area (Å²) in [6.07, 6.45) is 12.8. The molecule has 5 saturated heterocycles. The molecule has 13 rings (SSSR count). The molecule has 0 aliphatic carbocycles. The van der Waals surface area contributed by atoms with Crippen molar-refractivity contribution in [2.45, 2.75) is 133 Å². The van der Waals surface area contributed by atoms with E-state index >= 15 is 0 Å². The average Bonchev–Trinajstić information content (AvgIpc) is 1.31. The van der Waals surface area contributed by atoms with E-state index in [1.165, 1.54) is 80.9 Å². The number of anilines is 1. The van der Waals surface area contributed by atoms with Crippen molar-refractivity contribution < 1.29 is 61.4 Å². The summed E-state index contributed by atoms with van der Waals surface area (Å²) in [5, 5.41) is 0. The van der Waals surface area contributed by atoms with Crippen LogP contribution in [0.3, 0.4) is 0 Å². The summed E-state index contributed by atoms with van der Waals surface area (Å²) >= 11 is 0. The quantitative estimate of drug-likeness (QED) is 0.117. The summed E-state index contributed by atoms with van der Waals surface area (Å²) in [7, 11) is -8.09. The Kier molecular flexibility index (Phi) is 37.8. The second kappa shape index (κ2) is 45.5. The van der Waals surface area contributed by atoms with E-state index in [0.717, 1.165) is 144 Å². The molecule has 0 atom stereocenters. The van der Waals surface area contributed by atoms with Crippen molar-refractivity contribution in [1.82, 2.24) is 0 Å². The van der Waals surface area contributed by atoms with Crippen molar-refractivity contribution >= 4 is 33.9 Å². The molecule has 12 heteroatoms. The van der Waals surface area contributed by atoms with Gasteiger partial charge in [0.2, 0.25) is 16.8 Å². The number of hydrogen-bond acceptors (Lipinski definition) is 6. The third kappa shape index (κ3) is 28.2. The first kappa shape index (κ1) is 81.5. The molecule has 5 heterocycles. The summed E-state index contributed by atoms with van der Waals surface area (Å²) in [6, 6.07) is 64.1. The predicted octanol–water partition coefficient (Wildman–Crippen LogP) is 13.9. The van der Waals surface area contributed by atoms with Crippen LogP contribution in [-0.4, -0.2) is 82.9 Å². The van der Waals surface area contributed by atoms with Crippen LogP contribution in [0.4, 0.5) is 17.1 Å². The number of benzene rings is 8. The summed E-state index contributed by atoms with van der Waals surface area (Å²) in [6.45, 7) is 31.4. The Morgan fingerprint density at radius 1 is 0.276 bits per heavy atom. The van der Waals surface area contributed by atoms with E-state index in [9.17, 15) is 0 Å². The van der Waals surface area contributed by atoms with E-state index in [-0.39, 0.29) is 37.7 Å². The van der Waals surface area contributed by atoms with Crippen molar-refractivity contribution in [3.8, 4) is 45.9 Å². The van der Waals surface area contributed by atoms with Crippen LogP contribution in [0, 0.1) is 115 Å². The minimum absolute atomic E-state index is 0. The molecular weight excluding hydrogens is 1230 g/mol. The second-order valence-electron chi connectivity index (χ2n) is 24.9. The van der Waals surface area contributed by atoms with Crippen LogP contribution in [0.1, 0.15) is 142 Å². The fourth-order valence-corrected chi connectivity index (χ4v) is 19.2. The molecule has 0 spiro atoms. The van der Waals surface area contributed by atoms with Gasteiger partial charge in [0.15, 0.2) is 0 Å². The Morgan fingerprint density at radius 3 is 0.663 bits per heavy atom. The maximum Gasteiger partial charge on any atom is 1.00 e. The molecule has 8 aromatic rings. The van der Waals surface area contributed by atoms with Crippen molar-refractivity contribution in [3.63, 3.8) is 0 Å². The zero-order valence-corrected chi connectivity index (χ0v) is 62.9. The summed E-state index contributed by atoms with van der Waals surface area (Å²) < 4.78 is 27.1. The SMILES string of the molecule is C1CCOC1.C1CCOC1.C1CCOC1.C1CCOC1.C1CCOC1.Cc1cc(C)c([N-][Si](C#Cc2ccccc2)(C#Cc2ccccc2)N(c2c(C)cc(C)cc2C)[Si](C#Cc2ccccc2)(C#Cc2ccccc2)[N-]c2c(C)cc(C)cc2C)c(C)c1.Cc1ccccc1.[Li+].[Li+]. The van der Waals surface area contributed by atoms with Crippen LogP contribution < -0.4 is 42.0 Å². The van der Waals surface area contributed by atoms with Gasteiger partial charge in [-0.3, -0.25) is 0 Å². The molecule has 0 N–H and O–H groups in total. The van der Waals surface area contributed by atoms with Crippen LogP contribution in [-0.2, 0) is 23.7 Å². The van der Waals surface area contributed by atoms with Crippen molar-refractivity contribution in [1.29, 1.82) is 0 Å². The van der Waals surface area contributed by atoms with Gasteiger partial charge in [-0.05, 0) is 193 Å². The molecule has 0 saturated carbocycles. The number of ether oxygens (including phenoxy) is 5. The van der Waals surface area contributed by atoms with Gasteiger partial charge < -0.3 is 37.9 Å². The minimum Gasteiger partial charge on any atom is -0.650 e. The molecule has 5 aliphatic rings. The molecule has 98 heavy (non-hydrogen) atoms. The summed E-state index contributed by atoms with van der Waals surface area (Å²) in [5.74, 6) is 14.7. The predicted molar refractivity (Wildman–Crippen MR) is 407 cm³/mol. The standard InChI is InChI=1S/C59H53N3Si2.C7H8.5C4H8O.2Li/c1-44-38-47(4)57(48(5)39-44)60-63(34-30-53-22-14-10-15-23-53,35-31-54-24-16-11-17-25-54)62(59-51(8)42-46(3)43-52(59)9)64(36-32-55-26-18-12-19-27-55,37-33-56-28-20-13-21-29-56)61-58-49(6)40-45(2)41-50(58)7;1-7-5-3-2-4-6-7;5*1-2-4-5-3-1;;/h10-29,38-43H,1-9H3;2-6H,1H3;5*1-4H2;;/q-2;;;;;;;2*+1. The first-order chi connectivity index (χ1) is 46.7. The van der Waals surface area contributed by atoms with E-state index in [1.807, 2.05) is 140 Å². The third-order valence-electron chi connectivity index (χ3n) is 16.0. The van der Waals surface area contributed by atoms with Gasteiger partial charge in [-0.2, -0.15) is 0 Å². The first-order valence-electron chi connectivity index (χ1n) is 34.5. The molecule has 8 nitrogen and oxygen atoms in total. The van der Waals surface area contributed by atoms with Gasteiger partial charge in [-0.1, -0.05) is 208 Å². The summed E-state index contributed by atoms with van der Waals surface area (Å²) in [5.41, 5.74) is 33.1. The van der Waals surface area contributed by atoms with E-state index in [2.05, 4.69) is 168 Å². The Morgan fingerprint density at radius 2 is 0.480 bits per heavy atom. The molecule has 0 amide bonds. The monoisotopic (exact) mass is 1330 g/mol. The molecule has 8 aromatic carbocycles. The van der Waals surface area contributed by atoms with Crippen LogP contribution in [0.25, 0.3) is 9.96 Å². The molecule has 500 valence electrons. The zero-order valence-electron chi connectivity index (χ0n) is 60.9. The van der Waals surface area contributed by atoms with Gasteiger partial charge in [0.1, 0.15) is 0 Å². The number of aryl methyl sites for hydroxylation is 10. The summed E-state index contributed by atoms with van der Waals surface area (Å²) in [4.78, 5) is 12.2. The fourth-order valence-electron chi connectivity index (χ4n) is 11.4. The van der Waals surface area contributed by atoms with Crippen molar-refractivity contribution in [2.24, 2.45) is 0 Å². The number of rotatable bonds is 7. The largest absolute Gasteiger partial charge is 1.00 e. The van der Waals surface area contributed by atoms with Gasteiger partial charge in [-0.15, -0.1) is 33.5 Å². The Bertz CT molecular complexity index is 3410. The van der Waals surface area contributed by atoms with E-state index in [0.29, 0.717) is 0 Å². The normalized spacial score (nSPS) is 13.7. The van der Waals surface area contributed by atoms with Crippen molar-refractivity contribution in [2.75, 3.05) is 70.3 Å². The average molecular weight is 1330 g/mol. The molecule has 0 unspecified atom stereocenters. The molecule has 5 fully saturated rings. The number of nitrogens with zero attached hydrogens (tertiary/aromatic N) is 3. The van der Waals surface area contributed by atoms with Gasteiger partial charge in [-0.25, -0.2) is 0 Å². The van der Waals surface area contributed by atoms with Gasteiger partial charge in [0.25, 0.3) is 0 Å². The first-order valence-corrected chi connectivity index (χ1v) is 38.3. The topological polar surface area (TPSA) is 77.6 Å². The molecule has 5 aliphatic heterocycles. The molecule has 0 aromatic heterocycles. The van der Waals surface area contributed by atoms with Crippen LogP contribution in [0.15, 0.2) is 188 Å². The minimum atomic E-state index is -4.04. The van der Waals surface area contributed by atoms with Crippen LogP contribution in [0.2, 0.25) is 0 Å². The zero-order chi connectivity index (χ0) is 68.1. The Balaban J connectivity index is 0.000000409. The Hall–Kier alpha value is -7.17. The maximum absolute atomic E-state index is 6.08. The van der Waals surface area contributed by atoms with Crippen molar-refractivity contribution in [3.05, 3.63) is 276 Å². The van der Waals surface area contributed by atoms with Gasteiger partial charge >= 0.3 is 37.7 Å². The second-order valence-corrected chi connectivity index (χ2v) is 30.3. The van der Waals surface area contributed by atoms with E-state index < -0.39 is 16.8 Å². The smallest absolute Gasteiger partial charge is 0.650 e. The van der Waals surface area contributed by atoms with Crippen LogP contribution in [0.5, 0.6) is 0 Å². The van der Waals surface area contributed by atoms with E-state index in [4.69, 9.17) is 33.6 Å². The molecule has 0 radical (unpaired) electrons. The number of hydrogen-bond donors (Lipinski definition) is 0. The molecule has 0 bridgehead atoms. The third-order valence-corrected chi connectivity index (χ3v) is 22.7. The van der Waals surface area contributed by atoms with E-state index in [1.54, 1.807) is 0 Å². The van der Waals surface area contributed by atoms with Gasteiger partial charge in [0, 0.05) is 94.0 Å². The Labute approximate surface area is 616 Å². The molecular formula is C86H101Li2N3O5Si2. The maximum atomic E-state index is 6.08.